The molecule has 0 saturated heterocycles. The third-order valence-corrected chi connectivity index (χ3v) is 9.27. The highest BCUT2D eigenvalue weighted by Gasteiger charge is 2.56. The van der Waals surface area contributed by atoms with Crippen molar-refractivity contribution in [2.45, 2.75) is 76.9 Å². The highest BCUT2D eigenvalue weighted by atomic mass is 35.5. The number of hydrogen-bond donors (Lipinski definition) is 2. The molecule has 34 heavy (non-hydrogen) atoms. The molecule has 1 aliphatic rings. The fourth-order valence-corrected chi connectivity index (χ4v) is 7.22. The summed E-state index contributed by atoms with van der Waals surface area (Å²) >= 11 is 11.1. The van der Waals surface area contributed by atoms with Gasteiger partial charge in [0.1, 0.15) is 0 Å². The van der Waals surface area contributed by atoms with E-state index in [1.807, 2.05) is 12.1 Å². The van der Waals surface area contributed by atoms with Gasteiger partial charge >= 0.3 is 7.60 Å². The van der Waals surface area contributed by atoms with Crippen molar-refractivity contribution in [3.05, 3.63) is 58.1 Å². The average Bonchev–Trinajstić information content (AvgIpc) is 3.04. The Morgan fingerprint density at radius 1 is 1.03 bits per heavy atom. The Morgan fingerprint density at radius 2 is 1.59 bits per heavy atom. The van der Waals surface area contributed by atoms with Gasteiger partial charge in [-0.05, 0) is 54.0 Å². The lowest BCUT2D eigenvalue weighted by atomic mass is 9.80. The number of halogens is 1. The summed E-state index contributed by atoms with van der Waals surface area (Å²) in [6.45, 7) is 17.0. The van der Waals surface area contributed by atoms with E-state index in [9.17, 15) is 4.57 Å². The minimum absolute atomic E-state index is 0.0694. The summed E-state index contributed by atoms with van der Waals surface area (Å²) in [5.74, 6) is 0.703. The molecular formula is C26H37ClNO4PS. The van der Waals surface area contributed by atoms with E-state index >= 15 is 0 Å². The molecule has 2 aromatic rings. The molecule has 0 amide bonds. The van der Waals surface area contributed by atoms with Crippen LogP contribution in [0.3, 0.4) is 0 Å². The van der Waals surface area contributed by atoms with Gasteiger partial charge in [-0.1, -0.05) is 71.3 Å². The minimum Gasteiger partial charge on any atom is -0.455 e. The highest BCUT2D eigenvalue weighted by molar-refractivity contribution is 7.82. The SMILES string of the molecule is CCOP(=O)(OCC)C(c1ccc(Cl)cc1)C1(S)Nc2cc(C(C)(C)C)cc(C(C)(C)C)c2O1. The summed E-state index contributed by atoms with van der Waals surface area (Å²) in [5.41, 5.74) is 2.61. The second kappa shape index (κ2) is 9.71. The maximum atomic E-state index is 14.2. The molecule has 1 N–H and O–H groups in total. The third kappa shape index (κ3) is 5.47. The molecule has 3 rings (SSSR count). The standard InChI is InChI=1S/C26H37ClNO4PS/c1-9-30-33(29,31-10-2)23(17-11-13-19(27)14-12-17)26(34)28-21-16-18(24(3,4)5)15-20(22(21)32-26)25(6,7)8/h11-16,23,28,34H,9-10H2,1-8H3. The molecule has 2 unspecified atom stereocenters. The smallest absolute Gasteiger partial charge is 0.345 e. The monoisotopic (exact) mass is 525 g/mol. The first kappa shape index (κ1) is 27.4. The van der Waals surface area contributed by atoms with Crippen LogP contribution in [0, 0.1) is 0 Å². The van der Waals surface area contributed by atoms with Gasteiger partial charge in [-0.25, -0.2) is 0 Å². The van der Waals surface area contributed by atoms with Crippen LogP contribution < -0.4 is 10.1 Å². The number of nitrogens with one attached hydrogen (secondary N) is 1. The van der Waals surface area contributed by atoms with Crippen LogP contribution in [0.1, 0.15) is 77.7 Å². The van der Waals surface area contributed by atoms with E-state index in [1.54, 1.807) is 26.0 Å². The number of rotatable bonds is 7. The zero-order valence-corrected chi connectivity index (χ0v) is 23.9. The van der Waals surface area contributed by atoms with Gasteiger partial charge in [0.25, 0.3) is 0 Å². The summed E-state index contributed by atoms with van der Waals surface area (Å²) in [6.07, 6.45) is 0. The molecule has 0 aliphatic carbocycles. The predicted molar refractivity (Wildman–Crippen MR) is 145 cm³/mol. The van der Waals surface area contributed by atoms with Gasteiger partial charge in [0.15, 0.2) is 11.4 Å². The number of anilines is 1. The average molecular weight is 526 g/mol. The molecular weight excluding hydrogens is 489 g/mol. The number of thiol groups is 1. The number of fused-ring (bicyclic) bond motifs is 1. The molecule has 1 aliphatic heterocycles. The van der Waals surface area contributed by atoms with Crippen molar-refractivity contribution < 1.29 is 18.3 Å². The molecule has 0 bridgehead atoms. The zero-order valence-electron chi connectivity index (χ0n) is 21.4. The van der Waals surface area contributed by atoms with E-state index in [2.05, 4.69) is 59.0 Å². The Kier molecular flexibility index (Phi) is 7.83. The lowest BCUT2D eigenvalue weighted by molar-refractivity contribution is 0.162. The van der Waals surface area contributed by atoms with E-state index in [-0.39, 0.29) is 24.0 Å². The topological polar surface area (TPSA) is 56.8 Å². The number of ether oxygens (including phenoxy) is 1. The van der Waals surface area contributed by atoms with Crippen molar-refractivity contribution in [2.24, 2.45) is 0 Å². The van der Waals surface area contributed by atoms with Crippen LogP contribution in [-0.2, 0) is 24.4 Å². The van der Waals surface area contributed by atoms with Gasteiger partial charge in [-0.15, -0.1) is 12.6 Å². The molecule has 188 valence electrons. The maximum Gasteiger partial charge on any atom is 0.345 e. The van der Waals surface area contributed by atoms with Crippen molar-refractivity contribution >= 4 is 37.5 Å². The first-order chi connectivity index (χ1) is 15.6. The second-order valence-corrected chi connectivity index (χ2v) is 13.9. The molecule has 0 aromatic heterocycles. The Labute approximate surface area is 214 Å². The summed E-state index contributed by atoms with van der Waals surface area (Å²) < 4.78 is 32.4. The fourth-order valence-electron chi connectivity index (χ4n) is 4.13. The molecule has 8 heteroatoms. The lowest BCUT2D eigenvalue weighted by Gasteiger charge is -2.37. The van der Waals surface area contributed by atoms with Crippen molar-refractivity contribution in [3.8, 4) is 5.75 Å². The molecule has 2 aromatic carbocycles. The van der Waals surface area contributed by atoms with Crippen LogP contribution in [0.5, 0.6) is 5.75 Å². The Balaban J connectivity index is 2.22. The molecule has 0 saturated carbocycles. The van der Waals surface area contributed by atoms with E-state index < -0.39 is 18.3 Å². The predicted octanol–water partition coefficient (Wildman–Crippen LogP) is 8.33. The van der Waals surface area contributed by atoms with Crippen LogP contribution in [0.2, 0.25) is 5.02 Å². The normalized spacial score (nSPS) is 19.4. The van der Waals surface area contributed by atoms with Crippen LogP contribution in [0.15, 0.2) is 36.4 Å². The maximum absolute atomic E-state index is 14.2. The molecule has 1 heterocycles. The number of benzene rings is 2. The quantitative estimate of drug-likeness (QED) is 0.281. The fraction of sp³-hybridized carbons (Fsp3) is 0.538. The first-order valence-corrected chi connectivity index (χ1v) is 14.1. The second-order valence-electron chi connectivity index (χ2n) is 10.7. The molecule has 0 radical (unpaired) electrons. The Bertz CT molecular complexity index is 1070. The van der Waals surface area contributed by atoms with E-state index in [0.29, 0.717) is 16.3 Å². The van der Waals surface area contributed by atoms with Gasteiger partial charge in [-0.3, -0.25) is 4.57 Å². The Hall–Kier alpha value is -1.17. The number of hydrogen-bond acceptors (Lipinski definition) is 6. The summed E-state index contributed by atoms with van der Waals surface area (Å²) in [5, 5.41) is 2.64. The van der Waals surface area contributed by atoms with Crippen molar-refractivity contribution in [2.75, 3.05) is 18.5 Å². The van der Waals surface area contributed by atoms with Crippen LogP contribution in [0.4, 0.5) is 5.69 Å². The zero-order chi connectivity index (χ0) is 25.5. The van der Waals surface area contributed by atoms with Gasteiger partial charge in [0.05, 0.1) is 18.9 Å². The van der Waals surface area contributed by atoms with Gasteiger partial charge in [-0.2, -0.15) is 0 Å². The van der Waals surface area contributed by atoms with Crippen LogP contribution in [-0.4, -0.2) is 18.3 Å². The lowest BCUT2D eigenvalue weighted by Crippen LogP contribution is -2.41. The van der Waals surface area contributed by atoms with Gasteiger partial charge in [0.2, 0.25) is 5.06 Å². The summed E-state index contributed by atoms with van der Waals surface area (Å²) in [6, 6.07) is 11.4. The van der Waals surface area contributed by atoms with Crippen molar-refractivity contribution in [1.82, 2.24) is 0 Å². The van der Waals surface area contributed by atoms with Gasteiger partial charge < -0.3 is 19.1 Å². The first-order valence-electron chi connectivity index (χ1n) is 11.7. The third-order valence-electron chi connectivity index (χ3n) is 5.83. The van der Waals surface area contributed by atoms with Crippen molar-refractivity contribution in [3.63, 3.8) is 0 Å². The highest BCUT2D eigenvalue weighted by Crippen LogP contribution is 2.68. The minimum atomic E-state index is -3.72. The van der Waals surface area contributed by atoms with Crippen LogP contribution in [0.25, 0.3) is 0 Å². The van der Waals surface area contributed by atoms with Crippen LogP contribution >= 0.6 is 31.8 Å². The van der Waals surface area contributed by atoms with E-state index in [4.69, 9.17) is 38.0 Å². The molecule has 0 fully saturated rings. The molecule has 0 spiro atoms. The van der Waals surface area contributed by atoms with E-state index in [0.717, 1.165) is 11.3 Å². The van der Waals surface area contributed by atoms with E-state index in [1.165, 1.54) is 5.56 Å². The van der Waals surface area contributed by atoms with Crippen molar-refractivity contribution in [1.29, 1.82) is 0 Å². The summed E-state index contributed by atoms with van der Waals surface area (Å²) in [4.78, 5) is 0. The molecule has 2 atom stereocenters. The van der Waals surface area contributed by atoms with Gasteiger partial charge in [0, 0.05) is 10.6 Å². The molecule has 5 nitrogen and oxygen atoms in total. The Morgan fingerprint density at radius 3 is 2.06 bits per heavy atom. The summed E-state index contributed by atoms with van der Waals surface area (Å²) in [7, 11) is -3.72. The largest absolute Gasteiger partial charge is 0.455 e.